The normalized spacial score (nSPS) is 10.2. The number of aryl methyl sites for hydroxylation is 1. The molecule has 1 aromatic heterocycles. The molecule has 1 amide bonds. The summed E-state index contributed by atoms with van der Waals surface area (Å²) in [5.74, 6) is -2.24. The summed E-state index contributed by atoms with van der Waals surface area (Å²) in [4.78, 5) is 15.9. The lowest BCUT2D eigenvalue weighted by molar-refractivity contribution is 0.102. The molecule has 1 aromatic carbocycles. The lowest BCUT2D eigenvalue weighted by atomic mass is 10.1. The van der Waals surface area contributed by atoms with Gasteiger partial charge in [-0.05, 0) is 24.6 Å². The van der Waals surface area contributed by atoms with E-state index in [1.807, 2.05) is 0 Å². The molecular formula is C14H13F2N3O. The summed E-state index contributed by atoms with van der Waals surface area (Å²) >= 11 is 0. The molecule has 0 fully saturated rings. The number of carbonyl (C=O) groups excluding carboxylic acids is 1. The molecule has 4 nitrogen and oxygen atoms in total. The van der Waals surface area contributed by atoms with Gasteiger partial charge in [-0.3, -0.25) is 9.78 Å². The summed E-state index contributed by atoms with van der Waals surface area (Å²) in [6, 6.07) is 4.01. The summed E-state index contributed by atoms with van der Waals surface area (Å²) in [7, 11) is 1.64. The Labute approximate surface area is 114 Å². The fourth-order valence-electron chi connectivity index (χ4n) is 1.75. The SMILES string of the molecule is CNc1ccncc1C(=O)Nc1c(F)ccc(C)c1F. The molecule has 0 radical (unpaired) electrons. The predicted molar refractivity (Wildman–Crippen MR) is 72.8 cm³/mol. The smallest absolute Gasteiger partial charge is 0.259 e. The van der Waals surface area contributed by atoms with E-state index in [4.69, 9.17) is 0 Å². The number of rotatable bonds is 3. The lowest BCUT2D eigenvalue weighted by Crippen LogP contribution is -2.16. The first kappa shape index (κ1) is 13.9. The second kappa shape index (κ2) is 5.64. The second-order valence-corrected chi connectivity index (χ2v) is 4.18. The summed E-state index contributed by atoms with van der Waals surface area (Å²) in [5, 5.41) is 5.06. The number of aromatic nitrogens is 1. The predicted octanol–water partition coefficient (Wildman–Crippen LogP) is 2.96. The van der Waals surface area contributed by atoms with Gasteiger partial charge in [0.2, 0.25) is 0 Å². The minimum atomic E-state index is -0.823. The highest BCUT2D eigenvalue weighted by Gasteiger charge is 2.17. The highest BCUT2D eigenvalue weighted by Crippen LogP contribution is 2.23. The Bertz CT molecular complexity index is 659. The molecule has 0 spiro atoms. The van der Waals surface area contributed by atoms with Gasteiger partial charge in [0.1, 0.15) is 11.5 Å². The first-order valence-corrected chi connectivity index (χ1v) is 5.92. The van der Waals surface area contributed by atoms with Crippen LogP contribution in [0, 0.1) is 18.6 Å². The van der Waals surface area contributed by atoms with Gasteiger partial charge in [0.05, 0.1) is 5.56 Å². The van der Waals surface area contributed by atoms with Crippen LogP contribution >= 0.6 is 0 Å². The van der Waals surface area contributed by atoms with Gasteiger partial charge < -0.3 is 10.6 Å². The van der Waals surface area contributed by atoms with Crippen molar-refractivity contribution in [3.8, 4) is 0 Å². The number of carbonyl (C=O) groups is 1. The molecule has 0 saturated heterocycles. The zero-order valence-electron chi connectivity index (χ0n) is 11.0. The first-order valence-electron chi connectivity index (χ1n) is 5.92. The van der Waals surface area contributed by atoms with Gasteiger partial charge in [-0.2, -0.15) is 0 Å². The Kier molecular flexibility index (Phi) is 3.93. The van der Waals surface area contributed by atoms with Gasteiger partial charge >= 0.3 is 0 Å². The van der Waals surface area contributed by atoms with Crippen molar-refractivity contribution in [3.05, 3.63) is 53.4 Å². The maximum atomic E-state index is 13.8. The van der Waals surface area contributed by atoms with Gasteiger partial charge in [-0.15, -0.1) is 0 Å². The zero-order chi connectivity index (χ0) is 14.7. The van der Waals surface area contributed by atoms with Gasteiger partial charge in [-0.25, -0.2) is 8.78 Å². The van der Waals surface area contributed by atoms with E-state index in [0.717, 1.165) is 6.07 Å². The number of hydrogen-bond acceptors (Lipinski definition) is 3. The average molecular weight is 277 g/mol. The molecule has 20 heavy (non-hydrogen) atoms. The van der Waals surface area contributed by atoms with Crippen molar-refractivity contribution in [2.75, 3.05) is 17.7 Å². The highest BCUT2D eigenvalue weighted by molar-refractivity contribution is 6.07. The molecule has 0 aliphatic heterocycles. The second-order valence-electron chi connectivity index (χ2n) is 4.18. The van der Waals surface area contributed by atoms with Crippen molar-refractivity contribution in [3.63, 3.8) is 0 Å². The third-order valence-corrected chi connectivity index (χ3v) is 2.86. The largest absolute Gasteiger partial charge is 0.387 e. The van der Waals surface area contributed by atoms with E-state index < -0.39 is 23.2 Å². The fraction of sp³-hybridized carbons (Fsp3) is 0.143. The Hall–Kier alpha value is -2.50. The Morgan fingerprint density at radius 3 is 2.70 bits per heavy atom. The van der Waals surface area contributed by atoms with Gasteiger partial charge in [-0.1, -0.05) is 6.07 Å². The van der Waals surface area contributed by atoms with Crippen LogP contribution in [0.3, 0.4) is 0 Å². The number of hydrogen-bond donors (Lipinski definition) is 2. The zero-order valence-corrected chi connectivity index (χ0v) is 11.0. The quantitative estimate of drug-likeness (QED) is 0.907. The first-order chi connectivity index (χ1) is 9.54. The third kappa shape index (κ3) is 2.59. The molecule has 0 saturated carbocycles. The lowest BCUT2D eigenvalue weighted by Gasteiger charge is -2.11. The van der Waals surface area contributed by atoms with Crippen molar-refractivity contribution in [1.82, 2.24) is 4.98 Å². The van der Waals surface area contributed by atoms with Crippen LogP contribution < -0.4 is 10.6 Å². The van der Waals surface area contributed by atoms with Crippen molar-refractivity contribution >= 4 is 17.3 Å². The molecule has 2 N–H and O–H groups in total. The standard InChI is InChI=1S/C14H13F2N3O/c1-8-3-4-10(15)13(12(8)16)19-14(20)9-7-18-6-5-11(9)17-2/h3-7H,1-2H3,(H,17,18)(H,19,20). The molecule has 2 aromatic rings. The molecular weight excluding hydrogens is 264 g/mol. The number of anilines is 2. The molecule has 2 rings (SSSR count). The van der Waals surface area contributed by atoms with E-state index in [-0.39, 0.29) is 11.1 Å². The van der Waals surface area contributed by atoms with Crippen LogP contribution in [0.15, 0.2) is 30.6 Å². The number of pyridine rings is 1. The summed E-state index contributed by atoms with van der Waals surface area (Å²) in [5.41, 5.74) is 0.518. The Balaban J connectivity index is 2.35. The maximum Gasteiger partial charge on any atom is 0.259 e. The van der Waals surface area contributed by atoms with Crippen LogP contribution in [0.1, 0.15) is 15.9 Å². The molecule has 1 heterocycles. The Morgan fingerprint density at radius 2 is 2.00 bits per heavy atom. The van der Waals surface area contributed by atoms with E-state index in [2.05, 4.69) is 15.6 Å². The number of nitrogens with one attached hydrogen (secondary N) is 2. The van der Waals surface area contributed by atoms with E-state index >= 15 is 0 Å². The van der Waals surface area contributed by atoms with Gasteiger partial charge in [0.15, 0.2) is 5.82 Å². The minimum Gasteiger partial charge on any atom is -0.387 e. The fourth-order valence-corrected chi connectivity index (χ4v) is 1.75. The average Bonchev–Trinajstić information content (AvgIpc) is 2.47. The minimum absolute atomic E-state index is 0.204. The number of benzene rings is 1. The van der Waals surface area contributed by atoms with Crippen molar-refractivity contribution in [2.24, 2.45) is 0 Å². The van der Waals surface area contributed by atoms with Crippen molar-refractivity contribution < 1.29 is 13.6 Å². The van der Waals surface area contributed by atoms with Crippen LogP contribution in [0.25, 0.3) is 0 Å². The topological polar surface area (TPSA) is 54.0 Å². The monoisotopic (exact) mass is 277 g/mol. The van der Waals surface area contributed by atoms with E-state index in [1.54, 1.807) is 13.1 Å². The number of halogens is 2. The molecule has 104 valence electrons. The van der Waals surface area contributed by atoms with E-state index in [1.165, 1.54) is 25.4 Å². The number of amides is 1. The van der Waals surface area contributed by atoms with Gasteiger partial charge in [0.25, 0.3) is 5.91 Å². The van der Waals surface area contributed by atoms with Crippen molar-refractivity contribution in [2.45, 2.75) is 6.92 Å². The summed E-state index contributed by atoms with van der Waals surface area (Å²) in [6.07, 6.45) is 2.84. The third-order valence-electron chi connectivity index (χ3n) is 2.86. The molecule has 0 aliphatic rings. The molecule has 6 heteroatoms. The van der Waals surface area contributed by atoms with E-state index in [0.29, 0.717) is 5.69 Å². The summed E-state index contributed by atoms with van der Waals surface area (Å²) < 4.78 is 27.4. The highest BCUT2D eigenvalue weighted by atomic mass is 19.1. The van der Waals surface area contributed by atoms with E-state index in [9.17, 15) is 13.6 Å². The van der Waals surface area contributed by atoms with Crippen LogP contribution in [-0.2, 0) is 0 Å². The van der Waals surface area contributed by atoms with Crippen LogP contribution in [0.4, 0.5) is 20.2 Å². The molecule has 0 unspecified atom stereocenters. The van der Waals surface area contributed by atoms with Crippen LogP contribution in [0.2, 0.25) is 0 Å². The summed E-state index contributed by atoms with van der Waals surface area (Å²) in [6.45, 7) is 1.49. The number of nitrogens with zero attached hydrogens (tertiary/aromatic N) is 1. The molecule has 0 aliphatic carbocycles. The molecule has 0 atom stereocenters. The van der Waals surface area contributed by atoms with Gasteiger partial charge in [0, 0.05) is 25.1 Å². The van der Waals surface area contributed by atoms with Crippen LogP contribution in [0.5, 0.6) is 0 Å². The molecule has 0 bridgehead atoms. The van der Waals surface area contributed by atoms with Crippen LogP contribution in [-0.4, -0.2) is 17.9 Å². The van der Waals surface area contributed by atoms with Crippen molar-refractivity contribution in [1.29, 1.82) is 0 Å². The Morgan fingerprint density at radius 1 is 1.25 bits per heavy atom. The maximum absolute atomic E-state index is 13.8.